The van der Waals surface area contributed by atoms with Gasteiger partial charge in [0.25, 0.3) is 0 Å². The molecule has 3 aromatic rings. The fourth-order valence-electron chi connectivity index (χ4n) is 3.13. The van der Waals surface area contributed by atoms with Crippen LogP contribution in [0.5, 0.6) is 0 Å². The number of carbonyl (C=O) groups excluding carboxylic acids is 1. The molecular weight excluding hydrogens is 469 g/mol. The Kier molecular flexibility index (Phi) is 6.14. The lowest BCUT2D eigenvalue weighted by Gasteiger charge is -2.17. The summed E-state index contributed by atoms with van der Waals surface area (Å²) in [7, 11) is -4.90. The Balaban J connectivity index is 1.43. The molecule has 2 aromatic heterocycles. The van der Waals surface area contributed by atoms with Crippen molar-refractivity contribution in [2.24, 2.45) is 0 Å². The van der Waals surface area contributed by atoms with E-state index in [4.69, 9.17) is 26.6 Å². The van der Waals surface area contributed by atoms with Crippen molar-refractivity contribution in [3.05, 3.63) is 47.5 Å². The van der Waals surface area contributed by atoms with Gasteiger partial charge in [0, 0.05) is 0 Å². The molecule has 0 bridgehead atoms. The van der Waals surface area contributed by atoms with Crippen LogP contribution in [0.25, 0.3) is 11.2 Å². The number of phosphoric ester groups is 1. The molecule has 0 radical (unpaired) electrons. The number of carbonyl (C=O) groups is 1. The third-order valence-electron chi connectivity index (χ3n) is 4.69. The number of rotatable bonds is 6. The summed E-state index contributed by atoms with van der Waals surface area (Å²) in [5.74, 6) is -1.06. The molecule has 4 rings (SSSR count). The van der Waals surface area contributed by atoms with E-state index in [0.29, 0.717) is 0 Å². The molecule has 13 nitrogen and oxygen atoms in total. The summed E-state index contributed by atoms with van der Waals surface area (Å²) in [6.45, 7) is -0.679. The molecule has 0 saturated carbocycles. The SMILES string of the molecule is Nc1ncnc2c1ncn2[C@@H]1O[C@H](COP(=O)(O)OC(=O)c2ccccc2Cl)[C@@H](O)[C@H]1O. The number of aliphatic hydroxyl groups is 2. The summed E-state index contributed by atoms with van der Waals surface area (Å²) < 4.78 is 28.4. The van der Waals surface area contributed by atoms with Crippen LogP contribution in [-0.2, 0) is 18.3 Å². The maximum Gasteiger partial charge on any atom is 0.529 e. The second-order valence-electron chi connectivity index (χ2n) is 6.75. The summed E-state index contributed by atoms with van der Waals surface area (Å²) in [5.41, 5.74) is 6.12. The first-order valence-corrected chi connectivity index (χ1v) is 11.0. The number of phosphoric acid groups is 1. The van der Waals surface area contributed by atoms with E-state index in [1.54, 1.807) is 6.07 Å². The Morgan fingerprint density at radius 3 is 2.75 bits per heavy atom. The number of hydrogen-bond donors (Lipinski definition) is 4. The molecule has 3 heterocycles. The molecule has 15 heteroatoms. The number of aromatic nitrogens is 4. The molecule has 5 N–H and O–H groups in total. The van der Waals surface area contributed by atoms with Gasteiger partial charge in [-0.05, 0) is 12.1 Å². The van der Waals surface area contributed by atoms with Gasteiger partial charge >= 0.3 is 13.8 Å². The second kappa shape index (κ2) is 8.71. The highest BCUT2D eigenvalue weighted by atomic mass is 35.5. The van der Waals surface area contributed by atoms with Crippen LogP contribution in [0.1, 0.15) is 16.6 Å². The molecule has 0 aliphatic carbocycles. The summed E-state index contributed by atoms with van der Waals surface area (Å²) >= 11 is 5.86. The maximum absolute atomic E-state index is 12.2. The van der Waals surface area contributed by atoms with Gasteiger partial charge in [-0.25, -0.2) is 24.3 Å². The van der Waals surface area contributed by atoms with E-state index in [1.165, 1.54) is 35.4 Å². The number of imidazole rings is 1. The summed E-state index contributed by atoms with van der Waals surface area (Å²) in [5, 5.41) is 20.7. The Hall–Kier alpha value is -2.64. The highest BCUT2D eigenvalue weighted by Crippen LogP contribution is 2.45. The van der Waals surface area contributed by atoms with Crippen molar-refractivity contribution in [3.8, 4) is 0 Å². The van der Waals surface area contributed by atoms with Gasteiger partial charge in [-0.3, -0.25) is 14.0 Å². The fourth-order valence-corrected chi connectivity index (χ4v) is 4.04. The van der Waals surface area contributed by atoms with Gasteiger partial charge < -0.3 is 25.2 Å². The fraction of sp³-hybridized carbons (Fsp3) is 0.294. The first-order chi connectivity index (χ1) is 15.2. The quantitative estimate of drug-likeness (QED) is 0.357. The molecule has 0 amide bonds. The van der Waals surface area contributed by atoms with E-state index in [1.807, 2.05) is 0 Å². The van der Waals surface area contributed by atoms with Gasteiger partial charge in [-0.1, -0.05) is 23.7 Å². The first-order valence-electron chi connectivity index (χ1n) is 9.08. The van der Waals surface area contributed by atoms with Crippen LogP contribution in [0.3, 0.4) is 0 Å². The number of halogens is 1. The number of anilines is 1. The van der Waals surface area contributed by atoms with E-state index in [9.17, 15) is 24.5 Å². The van der Waals surface area contributed by atoms with E-state index < -0.39 is 44.9 Å². The molecule has 1 aliphatic rings. The minimum absolute atomic E-state index is 0.0232. The van der Waals surface area contributed by atoms with Gasteiger partial charge in [0.15, 0.2) is 17.7 Å². The summed E-state index contributed by atoms with van der Waals surface area (Å²) in [6, 6.07) is 5.78. The molecule has 1 aliphatic heterocycles. The lowest BCUT2D eigenvalue weighted by molar-refractivity contribution is -0.0508. The minimum Gasteiger partial charge on any atom is -0.387 e. The largest absolute Gasteiger partial charge is 0.529 e. The Labute approximate surface area is 185 Å². The number of ether oxygens (including phenoxy) is 1. The van der Waals surface area contributed by atoms with E-state index in [2.05, 4.69) is 19.5 Å². The number of nitrogens with zero attached hydrogens (tertiary/aromatic N) is 4. The summed E-state index contributed by atoms with van der Waals surface area (Å²) in [6.07, 6.45) is -2.87. The van der Waals surface area contributed by atoms with Crippen molar-refractivity contribution < 1.29 is 38.3 Å². The number of benzene rings is 1. The van der Waals surface area contributed by atoms with Gasteiger partial charge in [0.2, 0.25) is 0 Å². The van der Waals surface area contributed by atoms with Gasteiger partial charge in [0.1, 0.15) is 30.2 Å². The molecule has 32 heavy (non-hydrogen) atoms. The molecule has 170 valence electrons. The number of nitrogen functional groups attached to an aromatic ring is 1. The average Bonchev–Trinajstić information content (AvgIpc) is 3.29. The third kappa shape index (κ3) is 4.32. The van der Waals surface area contributed by atoms with Crippen LogP contribution in [0.2, 0.25) is 5.02 Å². The minimum atomic E-state index is -4.90. The van der Waals surface area contributed by atoms with Crippen LogP contribution in [0.4, 0.5) is 5.82 Å². The zero-order valence-electron chi connectivity index (χ0n) is 16.1. The van der Waals surface area contributed by atoms with Crippen molar-refractivity contribution in [2.75, 3.05) is 12.3 Å². The molecular formula is C17H17ClN5O8P. The van der Waals surface area contributed by atoms with Crippen LogP contribution in [-0.4, -0.2) is 65.5 Å². The lowest BCUT2D eigenvalue weighted by Crippen LogP contribution is -2.33. The van der Waals surface area contributed by atoms with Crippen LogP contribution < -0.4 is 5.73 Å². The van der Waals surface area contributed by atoms with E-state index >= 15 is 0 Å². The van der Waals surface area contributed by atoms with Crippen LogP contribution in [0.15, 0.2) is 36.9 Å². The van der Waals surface area contributed by atoms with Crippen molar-refractivity contribution >= 4 is 42.4 Å². The Bertz CT molecular complexity index is 1210. The zero-order chi connectivity index (χ0) is 23.0. The van der Waals surface area contributed by atoms with Gasteiger partial charge in [-0.2, -0.15) is 0 Å². The summed E-state index contributed by atoms with van der Waals surface area (Å²) in [4.78, 5) is 33.9. The lowest BCUT2D eigenvalue weighted by atomic mass is 10.1. The van der Waals surface area contributed by atoms with Crippen molar-refractivity contribution in [3.63, 3.8) is 0 Å². The Morgan fingerprint density at radius 2 is 2.00 bits per heavy atom. The highest BCUT2D eigenvalue weighted by Gasteiger charge is 2.45. The smallest absolute Gasteiger partial charge is 0.387 e. The molecule has 1 saturated heterocycles. The number of aliphatic hydroxyl groups excluding tert-OH is 2. The molecule has 0 spiro atoms. The number of fused-ring (bicyclic) bond motifs is 1. The third-order valence-corrected chi connectivity index (χ3v) is 5.89. The van der Waals surface area contributed by atoms with Crippen molar-refractivity contribution in [1.82, 2.24) is 19.5 Å². The molecule has 5 atom stereocenters. The molecule has 1 unspecified atom stereocenters. The maximum atomic E-state index is 12.2. The van der Waals surface area contributed by atoms with E-state index in [-0.39, 0.29) is 27.6 Å². The standard InChI is InChI=1S/C17H17ClN5O8P/c18-9-4-2-1-3-8(9)17(26)31-32(27,28)29-5-10-12(24)13(25)16(30-10)23-7-22-11-14(19)20-6-21-15(11)23/h1-4,6-7,10,12-13,16,24-25H,5H2,(H,27,28)(H2,19,20,21)/t10-,12-,13-,16-/m1/s1. The number of nitrogens with two attached hydrogens (primary N) is 1. The van der Waals surface area contributed by atoms with Gasteiger partial charge in [-0.15, -0.1) is 0 Å². The predicted molar refractivity (Wildman–Crippen MR) is 108 cm³/mol. The van der Waals surface area contributed by atoms with Crippen molar-refractivity contribution in [2.45, 2.75) is 24.5 Å². The topological polar surface area (TPSA) is 192 Å². The first kappa shape index (κ1) is 22.6. The predicted octanol–water partition coefficient (Wildman–Crippen LogP) is 0.655. The monoisotopic (exact) mass is 485 g/mol. The Morgan fingerprint density at radius 1 is 1.25 bits per heavy atom. The van der Waals surface area contributed by atoms with Crippen molar-refractivity contribution in [1.29, 1.82) is 0 Å². The second-order valence-corrected chi connectivity index (χ2v) is 8.54. The van der Waals surface area contributed by atoms with Crippen LogP contribution in [0, 0.1) is 0 Å². The molecule has 1 fully saturated rings. The molecule has 1 aromatic carbocycles. The number of hydrogen-bond acceptors (Lipinski definition) is 11. The van der Waals surface area contributed by atoms with Gasteiger partial charge in [0.05, 0.1) is 23.5 Å². The average molecular weight is 486 g/mol. The normalized spacial score (nSPS) is 25.0. The highest BCUT2D eigenvalue weighted by molar-refractivity contribution is 7.48. The van der Waals surface area contributed by atoms with E-state index in [0.717, 1.165) is 0 Å². The van der Waals surface area contributed by atoms with Crippen LogP contribution >= 0.6 is 19.4 Å². The zero-order valence-corrected chi connectivity index (χ0v) is 17.7.